The zero-order valence-electron chi connectivity index (χ0n) is 18.6. The lowest BCUT2D eigenvalue weighted by molar-refractivity contribution is -0.170. The Labute approximate surface area is 187 Å². The largest absolute Gasteiger partial charge is 0.393 e. The minimum Gasteiger partial charge on any atom is -0.393 e. The van der Waals surface area contributed by atoms with E-state index in [4.69, 9.17) is 9.47 Å². The SMILES string of the molecule is CC(=O)c1ccc(C(=O)CC(=O)C[C@H]2CO[C@@H](C[C@@H]3O[C@H]3[C@@H](C)[C@H](C)O)[C@H](O)[C@@H]2O)cc1. The number of carbonyl (C=O) groups is 3. The number of hydrogen-bond donors (Lipinski definition) is 3. The molecule has 0 aliphatic carbocycles. The summed E-state index contributed by atoms with van der Waals surface area (Å²) >= 11 is 0. The summed E-state index contributed by atoms with van der Waals surface area (Å²) in [5.41, 5.74) is 0.830. The summed E-state index contributed by atoms with van der Waals surface area (Å²) in [4.78, 5) is 36.1. The fourth-order valence-corrected chi connectivity index (χ4v) is 4.18. The number of rotatable bonds is 10. The third-order valence-electron chi connectivity index (χ3n) is 6.56. The van der Waals surface area contributed by atoms with Crippen molar-refractivity contribution in [2.75, 3.05) is 6.61 Å². The van der Waals surface area contributed by atoms with Gasteiger partial charge in [-0.15, -0.1) is 0 Å². The first-order valence-electron chi connectivity index (χ1n) is 11.1. The molecule has 176 valence electrons. The van der Waals surface area contributed by atoms with Crippen LogP contribution in [-0.4, -0.2) is 75.9 Å². The predicted molar refractivity (Wildman–Crippen MR) is 114 cm³/mol. The van der Waals surface area contributed by atoms with Gasteiger partial charge in [-0.25, -0.2) is 0 Å². The summed E-state index contributed by atoms with van der Waals surface area (Å²) in [6.45, 7) is 5.12. The lowest BCUT2D eigenvalue weighted by Crippen LogP contribution is -2.51. The van der Waals surface area contributed by atoms with Crippen LogP contribution in [0.5, 0.6) is 0 Å². The van der Waals surface area contributed by atoms with Crippen molar-refractivity contribution in [2.45, 2.75) is 76.7 Å². The molecule has 2 aliphatic rings. The molecule has 2 fully saturated rings. The molecular formula is C24H32O8. The molecule has 3 rings (SSSR count). The van der Waals surface area contributed by atoms with Crippen LogP contribution >= 0.6 is 0 Å². The number of benzene rings is 1. The first-order chi connectivity index (χ1) is 15.1. The topological polar surface area (TPSA) is 134 Å². The predicted octanol–water partition coefficient (Wildman–Crippen LogP) is 1.33. The minimum atomic E-state index is -1.16. The molecule has 1 aromatic rings. The van der Waals surface area contributed by atoms with Gasteiger partial charge in [-0.3, -0.25) is 14.4 Å². The van der Waals surface area contributed by atoms with Crippen molar-refractivity contribution in [1.82, 2.24) is 0 Å². The second kappa shape index (κ2) is 10.3. The fourth-order valence-electron chi connectivity index (χ4n) is 4.18. The lowest BCUT2D eigenvalue weighted by Gasteiger charge is -2.37. The smallest absolute Gasteiger partial charge is 0.170 e. The lowest BCUT2D eigenvalue weighted by atomic mass is 9.85. The van der Waals surface area contributed by atoms with E-state index < -0.39 is 30.3 Å². The summed E-state index contributed by atoms with van der Waals surface area (Å²) in [6, 6.07) is 6.13. The Kier molecular flexibility index (Phi) is 7.95. The Bertz CT molecular complexity index is 833. The molecule has 2 saturated heterocycles. The highest BCUT2D eigenvalue weighted by molar-refractivity contribution is 6.08. The quantitative estimate of drug-likeness (QED) is 0.277. The monoisotopic (exact) mass is 448 g/mol. The Hall–Kier alpha value is -1.97. The van der Waals surface area contributed by atoms with E-state index >= 15 is 0 Å². The van der Waals surface area contributed by atoms with Crippen LogP contribution in [0.3, 0.4) is 0 Å². The highest BCUT2D eigenvalue weighted by Gasteiger charge is 2.48. The zero-order chi connectivity index (χ0) is 23.6. The average molecular weight is 449 g/mol. The molecule has 1 aromatic carbocycles. The Morgan fingerprint density at radius 1 is 1.03 bits per heavy atom. The summed E-state index contributed by atoms with van der Waals surface area (Å²) < 4.78 is 11.3. The van der Waals surface area contributed by atoms with Crippen LogP contribution < -0.4 is 0 Å². The first-order valence-corrected chi connectivity index (χ1v) is 11.1. The van der Waals surface area contributed by atoms with E-state index in [2.05, 4.69) is 0 Å². The zero-order valence-corrected chi connectivity index (χ0v) is 18.6. The maximum absolute atomic E-state index is 12.4. The number of epoxide rings is 1. The van der Waals surface area contributed by atoms with Crippen LogP contribution in [-0.2, 0) is 14.3 Å². The van der Waals surface area contributed by atoms with Gasteiger partial charge in [0.05, 0.1) is 43.5 Å². The average Bonchev–Trinajstić information content (AvgIpc) is 3.51. The van der Waals surface area contributed by atoms with Crippen LogP contribution in [0.4, 0.5) is 0 Å². The molecular weight excluding hydrogens is 416 g/mol. The van der Waals surface area contributed by atoms with Gasteiger partial charge in [-0.05, 0) is 13.8 Å². The highest BCUT2D eigenvalue weighted by Crippen LogP contribution is 2.37. The minimum absolute atomic E-state index is 0.0350. The maximum atomic E-state index is 12.4. The molecule has 0 amide bonds. The number of aliphatic hydroxyl groups is 3. The first kappa shape index (κ1) is 24.7. The molecule has 8 atom stereocenters. The van der Waals surface area contributed by atoms with Crippen LogP contribution in [0.1, 0.15) is 60.7 Å². The van der Waals surface area contributed by atoms with E-state index in [1.807, 2.05) is 6.92 Å². The molecule has 0 saturated carbocycles. The molecule has 0 bridgehead atoms. The summed E-state index contributed by atoms with van der Waals surface area (Å²) in [5, 5.41) is 30.7. The van der Waals surface area contributed by atoms with Gasteiger partial charge in [0.15, 0.2) is 11.6 Å². The molecule has 8 nitrogen and oxygen atoms in total. The van der Waals surface area contributed by atoms with Gasteiger partial charge in [0.2, 0.25) is 0 Å². The van der Waals surface area contributed by atoms with Gasteiger partial charge in [-0.1, -0.05) is 31.2 Å². The normalized spacial score (nSPS) is 31.6. The molecule has 0 spiro atoms. The van der Waals surface area contributed by atoms with Gasteiger partial charge < -0.3 is 24.8 Å². The molecule has 0 radical (unpaired) electrons. The van der Waals surface area contributed by atoms with Crippen molar-refractivity contribution in [3.8, 4) is 0 Å². The van der Waals surface area contributed by atoms with Gasteiger partial charge in [0, 0.05) is 35.8 Å². The molecule has 2 aliphatic heterocycles. The molecule has 3 N–H and O–H groups in total. The Morgan fingerprint density at radius 3 is 2.25 bits per heavy atom. The van der Waals surface area contributed by atoms with Gasteiger partial charge in [-0.2, -0.15) is 0 Å². The van der Waals surface area contributed by atoms with Crippen molar-refractivity contribution in [3.63, 3.8) is 0 Å². The van der Waals surface area contributed by atoms with Crippen molar-refractivity contribution < 1.29 is 39.2 Å². The van der Waals surface area contributed by atoms with Gasteiger partial charge in [0.25, 0.3) is 0 Å². The van der Waals surface area contributed by atoms with Crippen molar-refractivity contribution in [1.29, 1.82) is 0 Å². The highest BCUT2D eigenvalue weighted by atomic mass is 16.6. The molecule has 0 unspecified atom stereocenters. The molecule has 0 aromatic heterocycles. The maximum Gasteiger partial charge on any atom is 0.170 e. The summed E-state index contributed by atoms with van der Waals surface area (Å²) in [5.74, 6) is -1.45. The van der Waals surface area contributed by atoms with Gasteiger partial charge >= 0.3 is 0 Å². The molecule has 32 heavy (non-hydrogen) atoms. The second-order valence-corrected chi connectivity index (χ2v) is 9.06. The van der Waals surface area contributed by atoms with E-state index in [0.717, 1.165) is 0 Å². The van der Waals surface area contributed by atoms with Crippen molar-refractivity contribution >= 4 is 17.3 Å². The third-order valence-corrected chi connectivity index (χ3v) is 6.56. The molecule has 2 heterocycles. The van der Waals surface area contributed by atoms with E-state index in [-0.39, 0.29) is 54.9 Å². The Morgan fingerprint density at radius 2 is 1.66 bits per heavy atom. The number of carbonyl (C=O) groups excluding carboxylic acids is 3. The Balaban J connectivity index is 1.47. The van der Waals surface area contributed by atoms with Crippen molar-refractivity contribution in [2.24, 2.45) is 11.8 Å². The van der Waals surface area contributed by atoms with Crippen LogP contribution in [0.25, 0.3) is 0 Å². The summed E-state index contributed by atoms with van der Waals surface area (Å²) in [6.07, 6.45) is -3.67. The summed E-state index contributed by atoms with van der Waals surface area (Å²) in [7, 11) is 0. The van der Waals surface area contributed by atoms with Gasteiger partial charge in [0.1, 0.15) is 11.9 Å². The van der Waals surface area contributed by atoms with E-state index in [0.29, 0.717) is 17.5 Å². The molecule has 8 heteroatoms. The van der Waals surface area contributed by atoms with Crippen molar-refractivity contribution in [3.05, 3.63) is 35.4 Å². The van der Waals surface area contributed by atoms with E-state index in [1.165, 1.54) is 19.1 Å². The van der Waals surface area contributed by atoms with E-state index in [9.17, 15) is 29.7 Å². The van der Waals surface area contributed by atoms with Crippen LogP contribution in [0, 0.1) is 11.8 Å². The van der Waals surface area contributed by atoms with Crippen LogP contribution in [0.15, 0.2) is 24.3 Å². The second-order valence-electron chi connectivity index (χ2n) is 9.06. The number of Topliss-reactive ketones (excluding diaryl/α,β-unsaturated/α-hetero) is 3. The number of ketones is 3. The standard InChI is InChI=1S/C24H32O8/c1-12(13(2)25)24-21(32-24)10-20-23(30)22(29)17(11-31-20)8-18(27)9-19(28)16-6-4-15(5-7-16)14(3)26/h4-7,12-13,17,20-25,29-30H,8-11H2,1-3H3/t12-,13-,17-,20-,21-,22+,23-,24-/m0/s1. The third kappa shape index (κ3) is 5.88. The van der Waals surface area contributed by atoms with Crippen LogP contribution in [0.2, 0.25) is 0 Å². The number of ether oxygens (including phenoxy) is 2. The van der Waals surface area contributed by atoms with E-state index in [1.54, 1.807) is 19.1 Å². The number of hydrogen-bond acceptors (Lipinski definition) is 8. The number of aliphatic hydroxyl groups excluding tert-OH is 3. The fraction of sp³-hybridized carbons (Fsp3) is 0.625.